The van der Waals surface area contributed by atoms with E-state index in [1.54, 1.807) is 6.20 Å². The summed E-state index contributed by atoms with van der Waals surface area (Å²) in [6.07, 6.45) is 6.98. The van der Waals surface area contributed by atoms with Crippen LogP contribution in [0.2, 0.25) is 0 Å². The van der Waals surface area contributed by atoms with E-state index < -0.39 is 5.97 Å². The van der Waals surface area contributed by atoms with Crippen molar-refractivity contribution in [2.24, 2.45) is 5.92 Å². The molecule has 6 nitrogen and oxygen atoms in total. The zero-order valence-corrected chi connectivity index (χ0v) is 11.7. The fourth-order valence-electron chi connectivity index (χ4n) is 3.02. The molecule has 0 bridgehead atoms. The van der Waals surface area contributed by atoms with Gasteiger partial charge in [0, 0.05) is 30.4 Å². The Morgan fingerprint density at radius 3 is 2.81 bits per heavy atom. The number of carboxylic acid groups (broad SMARTS) is 1. The fraction of sp³-hybridized carbons (Fsp3) is 0.467. The van der Waals surface area contributed by atoms with Gasteiger partial charge in [0.2, 0.25) is 0 Å². The number of hydrogen-bond donors (Lipinski definition) is 4. The molecule has 0 aliphatic heterocycles. The molecule has 1 fully saturated rings. The standard InChI is InChI=1S/C15H19N3O3/c19-8-9-1-3-10(4-2-9)18-13-11-5-6-16-14(11)17-7-12(13)15(20)21/h5-7,9-10,19H,1-4,8H2,(H,20,21)(H2,16,17,18). The van der Waals surface area contributed by atoms with Crippen LogP contribution in [-0.4, -0.2) is 38.8 Å². The largest absolute Gasteiger partial charge is 0.478 e. The molecule has 0 aromatic carbocycles. The van der Waals surface area contributed by atoms with E-state index in [1.165, 1.54) is 6.20 Å². The van der Waals surface area contributed by atoms with Crippen molar-refractivity contribution in [3.8, 4) is 0 Å². The number of hydrogen-bond acceptors (Lipinski definition) is 4. The Kier molecular flexibility index (Phi) is 3.79. The van der Waals surface area contributed by atoms with Gasteiger partial charge in [0.1, 0.15) is 11.2 Å². The molecule has 1 aliphatic carbocycles. The monoisotopic (exact) mass is 289 g/mol. The number of anilines is 1. The number of pyridine rings is 1. The van der Waals surface area contributed by atoms with Crippen molar-refractivity contribution in [3.05, 3.63) is 24.0 Å². The molecule has 2 heterocycles. The maximum Gasteiger partial charge on any atom is 0.339 e. The summed E-state index contributed by atoms with van der Waals surface area (Å²) < 4.78 is 0. The van der Waals surface area contributed by atoms with Crippen LogP contribution in [0.5, 0.6) is 0 Å². The van der Waals surface area contributed by atoms with Crippen LogP contribution in [0, 0.1) is 5.92 Å². The lowest BCUT2D eigenvalue weighted by Crippen LogP contribution is -2.28. The normalized spacial score (nSPS) is 22.3. The summed E-state index contributed by atoms with van der Waals surface area (Å²) in [6.45, 7) is 0.240. The van der Waals surface area contributed by atoms with Crippen molar-refractivity contribution in [1.82, 2.24) is 9.97 Å². The van der Waals surface area contributed by atoms with E-state index in [4.69, 9.17) is 0 Å². The minimum Gasteiger partial charge on any atom is -0.478 e. The van der Waals surface area contributed by atoms with Crippen molar-refractivity contribution >= 4 is 22.7 Å². The topological polar surface area (TPSA) is 98.2 Å². The molecule has 3 rings (SSSR count). The third-order valence-electron chi connectivity index (χ3n) is 4.27. The van der Waals surface area contributed by atoms with Crippen LogP contribution in [0.15, 0.2) is 18.5 Å². The van der Waals surface area contributed by atoms with Crippen LogP contribution in [0.3, 0.4) is 0 Å². The van der Waals surface area contributed by atoms with Crippen molar-refractivity contribution < 1.29 is 15.0 Å². The van der Waals surface area contributed by atoms with Gasteiger partial charge in [-0.1, -0.05) is 0 Å². The zero-order chi connectivity index (χ0) is 14.8. The predicted molar refractivity (Wildman–Crippen MR) is 79.5 cm³/mol. The van der Waals surface area contributed by atoms with Gasteiger partial charge in [-0.15, -0.1) is 0 Å². The summed E-state index contributed by atoms with van der Waals surface area (Å²) in [5, 5.41) is 22.7. The van der Waals surface area contributed by atoms with Gasteiger partial charge in [-0.2, -0.15) is 0 Å². The number of aromatic nitrogens is 2. The first-order chi connectivity index (χ1) is 10.2. The summed E-state index contributed by atoms with van der Waals surface area (Å²) in [5.74, 6) is -0.594. The lowest BCUT2D eigenvalue weighted by atomic mass is 9.86. The fourth-order valence-corrected chi connectivity index (χ4v) is 3.02. The number of aromatic amines is 1. The summed E-state index contributed by atoms with van der Waals surface area (Å²) >= 11 is 0. The van der Waals surface area contributed by atoms with Crippen molar-refractivity contribution in [2.45, 2.75) is 31.7 Å². The second-order valence-corrected chi connectivity index (χ2v) is 5.64. The Morgan fingerprint density at radius 1 is 1.38 bits per heavy atom. The minimum absolute atomic E-state index is 0.200. The number of nitrogens with one attached hydrogen (secondary N) is 2. The molecule has 1 saturated carbocycles. The molecule has 0 atom stereocenters. The van der Waals surface area contributed by atoms with E-state index in [0.29, 0.717) is 17.3 Å². The van der Waals surface area contributed by atoms with Gasteiger partial charge in [0.25, 0.3) is 0 Å². The van der Waals surface area contributed by atoms with E-state index in [0.717, 1.165) is 31.1 Å². The Bertz CT molecular complexity index is 645. The van der Waals surface area contributed by atoms with Gasteiger partial charge in [0.15, 0.2) is 0 Å². The maximum absolute atomic E-state index is 11.4. The van der Waals surface area contributed by atoms with Gasteiger partial charge < -0.3 is 20.5 Å². The maximum atomic E-state index is 11.4. The highest BCUT2D eigenvalue weighted by Crippen LogP contribution is 2.31. The molecule has 1 aliphatic rings. The lowest BCUT2D eigenvalue weighted by molar-refractivity contribution is 0.0697. The van der Waals surface area contributed by atoms with Crippen molar-refractivity contribution in [1.29, 1.82) is 0 Å². The number of H-pyrrole nitrogens is 1. The Balaban J connectivity index is 1.87. The first kappa shape index (κ1) is 13.9. The molecule has 6 heteroatoms. The van der Waals surface area contributed by atoms with E-state index in [-0.39, 0.29) is 18.2 Å². The van der Waals surface area contributed by atoms with Gasteiger partial charge in [0.05, 0.1) is 5.69 Å². The minimum atomic E-state index is -0.975. The quantitative estimate of drug-likeness (QED) is 0.692. The van der Waals surface area contributed by atoms with E-state index in [1.807, 2.05) is 6.07 Å². The molecule has 0 spiro atoms. The predicted octanol–water partition coefficient (Wildman–Crippen LogP) is 2.22. The van der Waals surface area contributed by atoms with Crippen LogP contribution in [0.4, 0.5) is 5.69 Å². The van der Waals surface area contributed by atoms with Crippen LogP contribution in [0.25, 0.3) is 11.0 Å². The molecule has 112 valence electrons. The first-order valence-electron chi connectivity index (χ1n) is 7.26. The van der Waals surface area contributed by atoms with E-state index in [2.05, 4.69) is 15.3 Å². The van der Waals surface area contributed by atoms with Crippen molar-refractivity contribution in [3.63, 3.8) is 0 Å². The molecule has 4 N–H and O–H groups in total. The molecule has 0 amide bonds. The van der Waals surface area contributed by atoms with Gasteiger partial charge in [-0.05, 0) is 37.7 Å². The molecule has 2 aromatic rings. The Hall–Kier alpha value is -2.08. The third-order valence-corrected chi connectivity index (χ3v) is 4.27. The number of fused-ring (bicyclic) bond motifs is 1. The average molecular weight is 289 g/mol. The van der Waals surface area contributed by atoms with Gasteiger partial charge in [-0.3, -0.25) is 0 Å². The lowest BCUT2D eigenvalue weighted by Gasteiger charge is -2.29. The van der Waals surface area contributed by atoms with Crippen LogP contribution in [0.1, 0.15) is 36.0 Å². The second-order valence-electron chi connectivity index (χ2n) is 5.64. The number of rotatable bonds is 4. The van der Waals surface area contributed by atoms with Crippen LogP contribution < -0.4 is 5.32 Å². The highest BCUT2D eigenvalue weighted by atomic mass is 16.4. The number of nitrogens with zero attached hydrogens (tertiary/aromatic N) is 1. The van der Waals surface area contributed by atoms with E-state index in [9.17, 15) is 15.0 Å². The number of carboxylic acids is 1. The van der Waals surface area contributed by atoms with Crippen LogP contribution >= 0.6 is 0 Å². The highest BCUT2D eigenvalue weighted by Gasteiger charge is 2.23. The highest BCUT2D eigenvalue weighted by molar-refractivity contribution is 6.03. The molecular formula is C15H19N3O3. The number of carbonyl (C=O) groups is 1. The second kappa shape index (κ2) is 5.73. The number of aliphatic hydroxyl groups excluding tert-OH is 1. The Morgan fingerprint density at radius 2 is 2.14 bits per heavy atom. The summed E-state index contributed by atoms with van der Waals surface area (Å²) in [7, 11) is 0. The summed E-state index contributed by atoms with van der Waals surface area (Å²) in [6, 6.07) is 2.09. The summed E-state index contributed by atoms with van der Waals surface area (Å²) in [4.78, 5) is 18.5. The average Bonchev–Trinajstić information content (AvgIpc) is 2.97. The Labute approximate surface area is 122 Å². The molecular weight excluding hydrogens is 270 g/mol. The molecule has 0 unspecified atom stereocenters. The zero-order valence-electron chi connectivity index (χ0n) is 11.7. The summed E-state index contributed by atoms with van der Waals surface area (Å²) in [5.41, 5.74) is 1.53. The van der Waals surface area contributed by atoms with Gasteiger partial charge >= 0.3 is 5.97 Å². The SMILES string of the molecule is O=C(O)c1cnc2[nH]ccc2c1NC1CCC(CO)CC1. The molecule has 0 radical (unpaired) electrons. The molecule has 0 saturated heterocycles. The van der Waals surface area contributed by atoms with E-state index >= 15 is 0 Å². The van der Waals surface area contributed by atoms with Gasteiger partial charge in [-0.25, -0.2) is 9.78 Å². The molecule has 2 aromatic heterocycles. The third kappa shape index (κ3) is 2.71. The van der Waals surface area contributed by atoms with Crippen molar-refractivity contribution in [2.75, 3.05) is 11.9 Å². The van der Waals surface area contributed by atoms with Crippen LogP contribution in [-0.2, 0) is 0 Å². The number of aliphatic hydroxyl groups is 1. The first-order valence-corrected chi connectivity index (χ1v) is 7.26. The molecule has 21 heavy (non-hydrogen) atoms. The number of aromatic carboxylic acids is 1. The smallest absolute Gasteiger partial charge is 0.339 e.